The Labute approximate surface area is 114 Å². The van der Waals surface area contributed by atoms with Gasteiger partial charge in [0.25, 0.3) is 0 Å². The second-order valence-corrected chi connectivity index (χ2v) is 5.29. The van der Waals surface area contributed by atoms with Crippen LogP contribution in [0.3, 0.4) is 0 Å². The van der Waals surface area contributed by atoms with Crippen LogP contribution in [0.1, 0.15) is 50.3 Å². The number of halogens is 1. The summed E-state index contributed by atoms with van der Waals surface area (Å²) in [7, 11) is 0. The molecule has 1 fully saturated rings. The van der Waals surface area contributed by atoms with Gasteiger partial charge in [0.15, 0.2) is 0 Å². The lowest BCUT2D eigenvalue weighted by atomic mass is 9.90. The predicted octanol–water partition coefficient (Wildman–Crippen LogP) is 4.70. The molecule has 0 radical (unpaired) electrons. The molecule has 0 amide bonds. The van der Waals surface area contributed by atoms with Crippen molar-refractivity contribution >= 4 is 6.21 Å². The summed E-state index contributed by atoms with van der Waals surface area (Å²) in [6.07, 6.45) is 6.60. The first-order valence-electron chi connectivity index (χ1n) is 7.15. The molecule has 104 valence electrons. The highest BCUT2D eigenvalue weighted by Crippen LogP contribution is 2.27. The van der Waals surface area contributed by atoms with E-state index in [1.54, 1.807) is 12.1 Å². The summed E-state index contributed by atoms with van der Waals surface area (Å²) < 4.78 is 19.5. The molecule has 1 aliphatic carbocycles. The molecular formula is C16H22FNO. The molecule has 1 aromatic carbocycles. The molecule has 0 heterocycles. The highest BCUT2D eigenvalue weighted by Gasteiger charge is 2.14. The second kappa shape index (κ2) is 7.27. The average Bonchev–Trinajstić information content (AvgIpc) is 2.47. The normalized spacial score (nSPS) is 17.9. The number of alkyl halides is 1. The van der Waals surface area contributed by atoms with Crippen molar-refractivity contribution in [2.24, 2.45) is 5.92 Å². The zero-order valence-corrected chi connectivity index (χ0v) is 11.3. The van der Waals surface area contributed by atoms with Crippen LogP contribution in [-0.4, -0.2) is 12.8 Å². The molecule has 2 nitrogen and oxygen atoms in total. The standard InChI is InChI=1S/C16H22FNO/c17-16(9-10-18)14-7-4-8-15(11-14)19-12-13-5-2-1-3-6-13/h4,7-8,10-11,13,16,18H,1-3,5-6,9,12H2. The fourth-order valence-corrected chi connectivity index (χ4v) is 2.61. The van der Waals surface area contributed by atoms with E-state index in [4.69, 9.17) is 10.1 Å². The Balaban J connectivity index is 1.89. The second-order valence-electron chi connectivity index (χ2n) is 5.29. The lowest BCUT2D eigenvalue weighted by Crippen LogP contribution is -2.15. The molecule has 19 heavy (non-hydrogen) atoms. The van der Waals surface area contributed by atoms with Crippen molar-refractivity contribution in [3.05, 3.63) is 29.8 Å². The Morgan fingerprint density at radius 1 is 1.32 bits per heavy atom. The number of benzene rings is 1. The summed E-state index contributed by atoms with van der Waals surface area (Å²) in [5.41, 5.74) is 0.602. The molecule has 0 aromatic heterocycles. The molecule has 0 saturated heterocycles. The summed E-state index contributed by atoms with van der Waals surface area (Å²) >= 11 is 0. The van der Waals surface area contributed by atoms with Crippen LogP contribution in [0.25, 0.3) is 0 Å². The summed E-state index contributed by atoms with van der Waals surface area (Å²) in [5.74, 6) is 1.40. The first kappa shape index (κ1) is 14.0. The third kappa shape index (κ3) is 4.34. The van der Waals surface area contributed by atoms with Gasteiger partial charge in [0.2, 0.25) is 0 Å². The number of nitrogens with one attached hydrogen (secondary N) is 1. The Morgan fingerprint density at radius 2 is 2.11 bits per heavy atom. The summed E-state index contributed by atoms with van der Waals surface area (Å²) in [6.45, 7) is 0.741. The van der Waals surface area contributed by atoms with E-state index in [0.717, 1.165) is 18.6 Å². The minimum Gasteiger partial charge on any atom is -0.493 e. The van der Waals surface area contributed by atoms with Crippen LogP contribution in [-0.2, 0) is 0 Å². The molecule has 0 bridgehead atoms. The van der Waals surface area contributed by atoms with E-state index in [1.807, 2.05) is 12.1 Å². The van der Waals surface area contributed by atoms with Gasteiger partial charge in [-0.1, -0.05) is 31.4 Å². The van der Waals surface area contributed by atoms with Crippen LogP contribution in [0.15, 0.2) is 24.3 Å². The van der Waals surface area contributed by atoms with Crippen molar-refractivity contribution < 1.29 is 9.13 Å². The predicted molar refractivity (Wildman–Crippen MR) is 75.8 cm³/mol. The lowest BCUT2D eigenvalue weighted by molar-refractivity contribution is 0.208. The van der Waals surface area contributed by atoms with E-state index in [9.17, 15) is 4.39 Å². The summed E-state index contributed by atoms with van der Waals surface area (Å²) in [4.78, 5) is 0. The van der Waals surface area contributed by atoms with Crippen molar-refractivity contribution in [2.75, 3.05) is 6.61 Å². The topological polar surface area (TPSA) is 33.1 Å². The van der Waals surface area contributed by atoms with E-state index in [0.29, 0.717) is 11.5 Å². The molecule has 1 atom stereocenters. The lowest BCUT2D eigenvalue weighted by Gasteiger charge is -2.21. The highest BCUT2D eigenvalue weighted by atomic mass is 19.1. The van der Waals surface area contributed by atoms with Crippen molar-refractivity contribution in [2.45, 2.75) is 44.7 Å². The molecule has 0 aliphatic heterocycles. The van der Waals surface area contributed by atoms with Crippen LogP contribution in [0.2, 0.25) is 0 Å². The van der Waals surface area contributed by atoms with Crippen molar-refractivity contribution in [1.82, 2.24) is 0 Å². The monoisotopic (exact) mass is 263 g/mol. The quantitative estimate of drug-likeness (QED) is 0.742. The van der Waals surface area contributed by atoms with Crippen LogP contribution in [0.4, 0.5) is 4.39 Å². The Bertz CT molecular complexity index is 401. The first-order valence-corrected chi connectivity index (χ1v) is 7.15. The SMILES string of the molecule is N=CCC(F)c1cccc(OCC2CCCCC2)c1. The highest BCUT2D eigenvalue weighted by molar-refractivity contribution is 5.54. The van der Waals surface area contributed by atoms with Gasteiger partial charge in [0, 0.05) is 6.42 Å². The maximum absolute atomic E-state index is 13.7. The van der Waals surface area contributed by atoms with Crippen molar-refractivity contribution in [3.8, 4) is 5.75 Å². The number of hydrogen-bond acceptors (Lipinski definition) is 2. The number of ether oxygens (including phenoxy) is 1. The Hall–Kier alpha value is -1.38. The number of hydrogen-bond donors (Lipinski definition) is 1. The van der Waals surface area contributed by atoms with Gasteiger partial charge in [-0.2, -0.15) is 0 Å². The van der Waals surface area contributed by atoms with E-state index in [-0.39, 0.29) is 6.42 Å². The van der Waals surface area contributed by atoms with Gasteiger partial charge in [-0.15, -0.1) is 0 Å². The van der Waals surface area contributed by atoms with Crippen LogP contribution >= 0.6 is 0 Å². The third-order valence-corrected chi connectivity index (χ3v) is 3.76. The largest absolute Gasteiger partial charge is 0.493 e. The molecule has 1 aliphatic rings. The maximum atomic E-state index is 13.7. The zero-order valence-electron chi connectivity index (χ0n) is 11.3. The molecule has 2 rings (SSSR count). The van der Waals surface area contributed by atoms with Gasteiger partial charge in [-0.3, -0.25) is 0 Å². The molecule has 1 saturated carbocycles. The van der Waals surface area contributed by atoms with Gasteiger partial charge in [-0.25, -0.2) is 4.39 Å². The van der Waals surface area contributed by atoms with Crippen LogP contribution in [0.5, 0.6) is 5.75 Å². The fourth-order valence-electron chi connectivity index (χ4n) is 2.61. The molecule has 0 spiro atoms. The maximum Gasteiger partial charge on any atom is 0.130 e. The molecule has 3 heteroatoms. The van der Waals surface area contributed by atoms with Crippen molar-refractivity contribution in [3.63, 3.8) is 0 Å². The zero-order chi connectivity index (χ0) is 13.5. The Morgan fingerprint density at radius 3 is 2.84 bits per heavy atom. The number of rotatable bonds is 6. The molecule has 1 unspecified atom stereocenters. The third-order valence-electron chi connectivity index (χ3n) is 3.76. The summed E-state index contributed by atoms with van der Waals surface area (Å²) in [5, 5.41) is 6.95. The van der Waals surface area contributed by atoms with E-state index < -0.39 is 6.17 Å². The van der Waals surface area contributed by atoms with E-state index in [1.165, 1.54) is 32.1 Å². The minimum atomic E-state index is -1.10. The van der Waals surface area contributed by atoms with E-state index in [2.05, 4.69) is 0 Å². The van der Waals surface area contributed by atoms with Gasteiger partial charge in [-0.05, 0) is 42.7 Å². The first-order chi connectivity index (χ1) is 9.29. The van der Waals surface area contributed by atoms with Gasteiger partial charge in [0.1, 0.15) is 11.9 Å². The van der Waals surface area contributed by atoms with Crippen LogP contribution < -0.4 is 4.74 Å². The minimum absolute atomic E-state index is 0.131. The fraction of sp³-hybridized carbons (Fsp3) is 0.562. The summed E-state index contributed by atoms with van der Waals surface area (Å²) in [6, 6.07) is 7.21. The van der Waals surface area contributed by atoms with Gasteiger partial charge < -0.3 is 10.1 Å². The molecule has 1 N–H and O–H groups in total. The van der Waals surface area contributed by atoms with Crippen LogP contribution in [0, 0.1) is 11.3 Å². The smallest absolute Gasteiger partial charge is 0.130 e. The van der Waals surface area contributed by atoms with E-state index >= 15 is 0 Å². The van der Waals surface area contributed by atoms with Gasteiger partial charge >= 0.3 is 0 Å². The molecular weight excluding hydrogens is 241 g/mol. The van der Waals surface area contributed by atoms with Gasteiger partial charge in [0.05, 0.1) is 6.61 Å². The average molecular weight is 263 g/mol. The van der Waals surface area contributed by atoms with Crippen molar-refractivity contribution in [1.29, 1.82) is 5.41 Å². The Kier molecular flexibility index (Phi) is 5.37. The molecule has 1 aromatic rings.